The van der Waals surface area contributed by atoms with Gasteiger partial charge in [0.15, 0.2) is 10.8 Å². The summed E-state index contributed by atoms with van der Waals surface area (Å²) in [6, 6.07) is 0. The molecule has 0 spiro atoms. The van der Waals surface area contributed by atoms with Crippen LogP contribution in [0.15, 0.2) is 0 Å². The van der Waals surface area contributed by atoms with E-state index < -0.39 is 0 Å². The number of aryl methyl sites for hydroxylation is 1. The molecule has 0 radical (unpaired) electrons. The minimum absolute atomic E-state index is 0.287. The Kier molecular flexibility index (Phi) is 4.48. The lowest BCUT2D eigenvalue weighted by molar-refractivity contribution is 0.0519. The van der Waals surface area contributed by atoms with E-state index in [-0.39, 0.29) is 5.97 Å². The van der Waals surface area contributed by atoms with Crippen LogP contribution in [0, 0.1) is 18.8 Å². The summed E-state index contributed by atoms with van der Waals surface area (Å²) in [6.07, 6.45) is 6.82. The summed E-state index contributed by atoms with van der Waals surface area (Å²) >= 11 is 1.63. The van der Waals surface area contributed by atoms with Gasteiger partial charge in [0.1, 0.15) is 0 Å². The van der Waals surface area contributed by atoms with Gasteiger partial charge in [-0.2, -0.15) is 0 Å². The Hall–Kier alpha value is -1.10. The molecule has 1 aromatic rings. The Balaban J connectivity index is 1.72. The number of esters is 1. The minimum Gasteiger partial charge on any atom is -0.461 e. The zero-order valence-corrected chi connectivity index (χ0v) is 13.7. The Labute approximate surface area is 130 Å². The van der Waals surface area contributed by atoms with Crippen molar-refractivity contribution in [2.45, 2.75) is 46.0 Å². The molecule has 0 aromatic carbocycles. The third-order valence-electron chi connectivity index (χ3n) is 4.82. The summed E-state index contributed by atoms with van der Waals surface area (Å²) in [5.74, 6) is 1.45. The number of nitrogens with zero attached hydrogens (tertiary/aromatic N) is 2. The Bertz CT molecular complexity index is 514. The summed E-state index contributed by atoms with van der Waals surface area (Å²) in [4.78, 5) is 19.8. The predicted molar refractivity (Wildman–Crippen MR) is 85.1 cm³/mol. The smallest absolute Gasteiger partial charge is 0.358 e. The van der Waals surface area contributed by atoms with Crippen LogP contribution in [-0.4, -0.2) is 30.6 Å². The molecule has 5 heteroatoms. The molecule has 1 aliphatic carbocycles. The van der Waals surface area contributed by atoms with Crippen molar-refractivity contribution in [3.8, 4) is 0 Å². The summed E-state index contributed by atoms with van der Waals surface area (Å²) in [7, 11) is 0. The van der Waals surface area contributed by atoms with Crippen LogP contribution in [0.3, 0.4) is 0 Å². The monoisotopic (exact) mass is 308 g/mol. The molecule has 2 unspecified atom stereocenters. The van der Waals surface area contributed by atoms with Gasteiger partial charge in [0.2, 0.25) is 0 Å². The fourth-order valence-corrected chi connectivity index (χ4v) is 4.61. The van der Waals surface area contributed by atoms with Gasteiger partial charge >= 0.3 is 5.97 Å². The standard InChI is InChI=1S/C16H24N2O2S/c1-3-20-15(19)14-11(2)21-16(17-14)18-9-8-12-6-4-5-7-13(12)10-18/h12-13H,3-10H2,1-2H3. The van der Waals surface area contributed by atoms with Crippen molar-refractivity contribution in [1.82, 2.24) is 4.98 Å². The number of carbonyl (C=O) groups is 1. The first-order valence-electron chi connectivity index (χ1n) is 8.08. The number of hydrogen-bond donors (Lipinski definition) is 0. The van der Waals surface area contributed by atoms with E-state index in [2.05, 4.69) is 9.88 Å². The highest BCUT2D eigenvalue weighted by molar-refractivity contribution is 7.15. The number of anilines is 1. The number of aromatic nitrogens is 1. The zero-order valence-electron chi connectivity index (χ0n) is 12.9. The van der Waals surface area contributed by atoms with Gasteiger partial charge < -0.3 is 9.64 Å². The van der Waals surface area contributed by atoms with Crippen molar-refractivity contribution in [3.05, 3.63) is 10.6 Å². The number of rotatable bonds is 3. The molecule has 0 N–H and O–H groups in total. The van der Waals surface area contributed by atoms with Gasteiger partial charge in [-0.05, 0) is 38.5 Å². The maximum atomic E-state index is 11.9. The second kappa shape index (κ2) is 6.34. The SMILES string of the molecule is CCOC(=O)c1nc(N2CCC3CCCCC3C2)sc1C. The Morgan fingerprint density at radius 1 is 1.33 bits per heavy atom. The van der Waals surface area contributed by atoms with E-state index in [9.17, 15) is 4.79 Å². The van der Waals surface area contributed by atoms with Gasteiger partial charge in [0.25, 0.3) is 0 Å². The zero-order chi connectivity index (χ0) is 14.8. The van der Waals surface area contributed by atoms with Crippen LogP contribution in [0.4, 0.5) is 5.13 Å². The van der Waals surface area contributed by atoms with Crippen molar-refractivity contribution >= 4 is 22.4 Å². The molecule has 1 aromatic heterocycles. The molecule has 4 nitrogen and oxygen atoms in total. The lowest BCUT2D eigenvalue weighted by Gasteiger charge is -2.41. The highest BCUT2D eigenvalue weighted by atomic mass is 32.1. The first-order chi connectivity index (χ1) is 10.2. The molecule has 0 amide bonds. The predicted octanol–water partition coefficient (Wildman–Crippen LogP) is 3.64. The van der Waals surface area contributed by atoms with E-state index in [0.717, 1.165) is 34.9 Å². The fraction of sp³-hybridized carbons (Fsp3) is 0.750. The number of fused-ring (bicyclic) bond motifs is 1. The summed E-state index contributed by atoms with van der Waals surface area (Å²) in [6.45, 7) is 6.38. The molecular formula is C16H24N2O2S. The lowest BCUT2D eigenvalue weighted by atomic mass is 9.75. The molecule has 2 aliphatic rings. The molecule has 116 valence electrons. The van der Waals surface area contributed by atoms with Gasteiger partial charge in [-0.1, -0.05) is 19.3 Å². The summed E-state index contributed by atoms with van der Waals surface area (Å²) in [5, 5.41) is 1.000. The van der Waals surface area contributed by atoms with E-state index >= 15 is 0 Å². The minimum atomic E-state index is -0.287. The van der Waals surface area contributed by atoms with Crippen molar-refractivity contribution < 1.29 is 9.53 Å². The average Bonchev–Trinajstić information content (AvgIpc) is 2.89. The van der Waals surface area contributed by atoms with Crippen LogP contribution < -0.4 is 4.90 Å². The van der Waals surface area contributed by atoms with Crippen molar-refractivity contribution in [2.75, 3.05) is 24.6 Å². The van der Waals surface area contributed by atoms with Crippen LogP contribution in [0.2, 0.25) is 0 Å². The topological polar surface area (TPSA) is 42.4 Å². The maximum absolute atomic E-state index is 11.9. The van der Waals surface area contributed by atoms with Crippen LogP contribution in [0.25, 0.3) is 0 Å². The largest absolute Gasteiger partial charge is 0.461 e. The molecule has 1 saturated carbocycles. The normalized spacial score (nSPS) is 25.5. The fourth-order valence-electron chi connectivity index (χ4n) is 3.68. The van der Waals surface area contributed by atoms with Crippen molar-refractivity contribution in [2.24, 2.45) is 11.8 Å². The number of hydrogen-bond acceptors (Lipinski definition) is 5. The molecule has 1 saturated heterocycles. The Morgan fingerprint density at radius 2 is 2.10 bits per heavy atom. The third-order valence-corrected chi connectivity index (χ3v) is 5.85. The average molecular weight is 308 g/mol. The summed E-state index contributed by atoms with van der Waals surface area (Å²) < 4.78 is 5.08. The van der Waals surface area contributed by atoms with E-state index in [4.69, 9.17) is 4.74 Å². The van der Waals surface area contributed by atoms with Crippen LogP contribution in [0.5, 0.6) is 0 Å². The first kappa shape index (κ1) is 14.8. The van der Waals surface area contributed by atoms with Gasteiger partial charge in [-0.25, -0.2) is 9.78 Å². The van der Waals surface area contributed by atoms with E-state index in [0.29, 0.717) is 12.3 Å². The number of piperidine rings is 1. The van der Waals surface area contributed by atoms with Gasteiger partial charge in [0, 0.05) is 18.0 Å². The highest BCUT2D eigenvalue weighted by Gasteiger charge is 2.32. The number of carbonyl (C=O) groups excluding carboxylic acids is 1. The van der Waals surface area contributed by atoms with E-state index in [1.165, 1.54) is 32.1 Å². The molecule has 0 bridgehead atoms. The van der Waals surface area contributed by atoms with Crippen LogP contribution in [-0.2, 0) is 4.74 Å². The van der Waals surface area contributed by atoms with Gasteiger partial charge in [0.05, 0.1) is 6.61 Å². The number of thiazole rings is 1. The lowest BCUT2D eigenvalue weighted by Crippen LogP contribution is -2.41. The highest BCUT2D eigenvalue weighted by Crippen LogP contribution is 2.38. The molecule has 2 atom stereocenters. The van der Waals surface area contributed by atoms with Gasteiger partial charge in [-0.15, -0.1) is 11.3 Å². The van der Waals surface area contributed by atoms with E-state index in [1.54, 1.807) is 11.3 Å². The van der Waals surface area contributed by atoms with Crippen LogP contribution in [0.1, 0.15) is 54.4 Å². The second-order valence-electron chi connectivity index (χ2n) is 6.16. The molecule has 2 fully saturated rings. The molecule has 2 heterocycles. The molecule has 3 rings (SSSR count). The second-order valence-corrected chi connectivity index (χ2v) is 7.34. The first-order valence-corrected chi connectivity index (χ1v) is 8.90. The van der Waals surface area contributed by atoms with E-state index in [1.807, 2.05) is 13.8 Å². The maximum Gasteiger partial charge on any atom is 0.358 e. The molecular weight excluding hydrogens is 284 g/mol. The number of ether oxygens (including phenoxy) is 1. The Morgan fingerprint density at radius 3 is 2.86 bits per heavy atom. The molecule has 1 aliphatic heterocycles. The van der Waals surface area contributed by atoms with Crippen molar-refractivity contribution in [3.63, 3.8) is 0 Å². The van der Waals surface area contributed by atoms with Crippen molar-refractivity contribution in [1.29, 1.82) is 0 Å². The third kappa shape index (κ3) is 3.07. The molecule has 21 heavy (non-hydrogen) atoms. The summed E-state index contributed by atoms with van der Waals surface area (Å²) in [5.41, 5.74) is 0.502. The quantitative estimate of drug-likeness (QED) is 0.800. The van der Waals surface area contributed by atoms with Crippen LogP contribution >= 0.6 is 11.3 Å². The van der Waals surface area contributed by atoms with Gasteiger partial charge in [-0.3, -0.25) is 0 Å².